The molecule has 8 atom stereocenters. The molecule has 0 unspecified atom stereocenters. The van der Waals surface area contributed by atoms with Crippen LogP contribution in [0.25, 0.3) is 0 Å². The first kappa shape index (κ1) is 24.6. The maximum absolute atomic E-state index is 13.9. The van der Waals surface area contributed by atoms with Gasteiger partial charge in [-0.15, -0.1) is 0 Å². The lowest BCUT2D eigenvalue weighted by atomic mass is 9.42. The molecule has 0 saturated heterocycles. The number of ketones is 2. The van der Waals surface area contributed by atoms with Gasteiger partial charge < -0.3 is 15.3 Å². The number of hydrogen-bond donors (Lipinski definition) is 3. The summed E-state index contributed by atoms with van der Waals surface area (Å²) in [5, 5.41) is 31.4. The first-order valence-electron chi connectivity index (χ1n) is 12.5. The van der Waals surface area contributed by atoms with E-state index in [9.17, 15) is 24.6 Å². The summed E-state index contributed by atoms with van der Waals surface area (Å²) in [7, 11) is 0. The molecule has 2 fully saturated rings. The van der Waals surface area contributed by atoms with Crippen LogP contribution in [-0.4, -0.2) is 45.1 Å². The number of allylic oxidation sites excluding steroid dienone is 1. The number of carboxylic acids is 1. The lowest BCUT2D eigenvalue weighted by Gasteiger charge is -2.61. The van der Waals surface area contributed by atoms with Gasteiger partial charge in [0.2, 0.25) is 0 Å². The molecular formula is C27H40O6. The van der Waals surface area contributed by atoms with Crippen LogP contribution in [-0.2, 0) is 14.4 Å². The third-order valence-corrected chi connectivity index (χ3v) is 10.9. The van der Waals surface area contributed by atoms with Crippen molar-refractivity contribution in [3.05, 3.63) is 11.1 Å². The second kappa shape index (κ2) is 7.48. The molecule has 0 amide bonds. The predicted octanol–water partition coefficient (Wildman–Crippen LogP) is 3.93. The third kappa shape index (κ3) is 3.09. The molecule has 0 aromatic rings. The van der Waals surface area contributed by atoms with E-state index in [-0.39, 0.29) is 42.2 Å². The summed E-state index contributed by atoms with van der Waals surface area (Å²) >= 11 is 0. The van der Waals surface area contributed by atoms with Gasteiger partial charge in [0.1, 0.15) is 5.78 Å². The van der Waals surface area contributed by atoms with Crippen molar-refractivity contribution in [3.8, 4) is 0 Å². The van der Waals surface area contributed by atoms with Crippen LogP contribution in [0.1, 0.15) is 86.5 Å². The van der Waals surface area contributed by atoms with Crippen LogP contribution < -0.4 is 0 Å². The monoisotopic (exact) mass is 460 g/mol. The van der Waals surface area contributed by atoms with Crippen LogP contribution in [0, 0.1) is 39.4 Å². The third-order valence-electron chi connectivity index (χ3n) is 10.9. The summed E-state index contributed by atoms with van der Waals surface area (Å²) in [6.45, 7) is 12.1. The molecule has 0 radical (unpaired) electrons. The molecule has 6 nitrogen and oxygen atoms in total. The number of hydrogen-bond acceptors (Lipinski definition) is 5. The Morgan fingerprint density at radius 3 is 2.36 bits per heavy atom. The number of carbonyl (C=O) groups excluding carboxylic acids is 2. The minimum Gasteiger partial charge on any atom is -0.481 e. The molecule has 0 aromatic heterocycles. The average molecular weight is 461 g/mol. The van der Waals surface area contributed by atoms with Gasteiger partial charge in [0, 0.05) is 24.8 Å². The maximum atomic E-state index is 13.9. The molecular weight excluding hydrogens is 420 g/mol. The van der Waals surface area contributed by atoms with Gasteiger partial charge in [0.05, 0.1) is 17.6 Å². The lowest BCUT2D eigenvalue weighted by molar-refractivity contribution is -0.142. The average Bonchev–Trinajstić information content (AvgIpc) is 2.92. The van der Waals surface area contributed by atoms with Gasteiger partial charge in [-0.1, -0.05) is 34.6 Å². The van der Waals surface area contributed by atoms with E-state index in [1.165, 1.54) is 0 Å². The van der Waals surface area contributed by atoms with Crippen LogP contribution in [0.4, 0.5) is 0 Å². The number of Topliss-reactive ketones (excluding diaryl/α,β-unsaturated/α-hetero) is 2. The first-order chi connectivity index (χ1) is 15.1. The van der Waals surface area contributed by atoms with E-state index in [4.69, 9.17) is 5.11 Å². The topological polar surface area (TPSA) is 112 Å². The van der Waals surface area contributed by atoms with E-state index >= 15 is 0 Å². The van der Waals surface area contributed by atoms with E-state index in [1.54, 1.807) is 0 Å². The molecule has 2 saturated carbocycles. The summed E-state index contributed by atoms with van der Waals surface area (Å²) in [5.41, 5.74) is -1.23. The highest BCUT2D eigenvalue weighted by Crippen LogP contribution is 2.70. The number of aliphatic hydroxyl groups excluding tert-OH is 2. The highest BCUT2D eigenvalue weighted by atomic mass is 16.4. The summed E-state index contributed by atoms with van der Waals surface area (Å²) in [6, 6.07) is 0. The number of carboxylic acid groups (broad SMARTS) is 1. The van der Waals surface area contributed by atoms with E-state index in [0.29, 0.717) is 43.3 Å². The Morgan fingerprint density at radius 1 is 1.12 bits per heavy atom. The standard InChI is InChI=1S/C27H40O6/c1-14(7-8-21(32)33)15-11-20(31)27(6)23-16(28)12-18-24(2,3)19(30)9-10-25(18,4)22(23)17(29)13-26(15,27)5/h14-16,18-19,28,30H,7-13H2,1-6H3,(H,32,33)/t14-,15-,16+,18+,19+,25+,26-,27+/m1/s1. The van der Waals surface area contributed by atoms with Crippen LogP contribution in [0.15, 0.2) is 11.1 Å². The number of fused-ring (bicyclic) bond motifs is 4. The van der Waals surface area contributed by atoms with Crippen LogP contribution in [0.2, 0.25) is 0 Å². The summed E-state index contributed by atoms with van der Waals surface area (Å²) in [4.78, 5) is 38.8. The Labute approximate surface area is 196 Å². The molecule has 0 bridgehead atoms. The van der Waals surface area contributed by atoms with Gasteiger partial charge in [-0.3, -0.25) is 14.4 Å². The Hall–Kier alpha value is -1.53. The molecule has 184 valence electrons. The fourth-order valence-corrected chi connectivity index (χ4v) is 8.65. The molecule has 0 spiro atoms. The van der Waals surface area contributed by atoms with E-state index in [1.807, 2.05) is 34.6 Å². The van der Waals surface area contributed by atoms with Crippen molar-refractivity contribution in [2.75, 3.05) is 0 Å². The van der Waals surface area contributed by atoms with Crippen molar-refractivity contribution in [1.29, 1.82) is 0 Å². The molecule has 6 heteroatoms. The number of rotatable bonds is 4. The first-order valence-corrected chi connectivity index (χ1v) is 12.5. The van der Waals surface area contributed by atoms with E-state index in [0.717, 1.165) is 0 Å². The Kier molecular flexibility index (Phi) is 5.58. The summed E-state index contributed by atoms with van der Waals surface area (Å²) < 4.78 is 0. The van der Waals surface area contributed by atoms with Crippen molar-refractivity contribution in [3.63, 3.8) is 0 Å². The highest BCUT2D eigenvalue weighted by molar-refractivity contribution is 6.05. The van der Waals surface area contributed by atoms with Crippen LogP contribution in [0.3, 0.4) is 0 Å². The SMILES string of the molecule is C[C@H](CCC(=O)O)[C@H]1CC(=O)[C@@]2(C)C3=C(C(=O)C[C@]12C)[C@@]1(C)CC[C@H](O)C(C)(C)[C@@H]1C[C@@H]3O. The minimum atomic E-state index is -0.938. The van der Waals surface area contributed by atoms with Crippen molar-refractivity contribution >= 4 is 17.5 Å². The van der Waals surface area contributed by atoms with Gasteiger partial charge in [0.25, 0.3) is 0 Å². The highest BCUT2D eigenvalue weighted by Gasteiger charge is 2.70. The maximum Gasteiger partial charge on any atom is 0.303 e. The minimum absolute atomic E-state index is 0.0142. The smallest absolute Gasteiger partial charge is 0.303 e. The normalized spacial score (nSPS) is 45.3. The summed E-state index contributed by atoms with van der Waals surface area (Å²) in [5.74, 6) is -0.940. The fraction of sp³-hybridized carbons (Fsp3) is 0.815. The second-order valence-corrected chi connectivity index (χ2v) is 12.7. The molecule has 0 heterocycles. The largest absolute Gasteiger partial charge is 0.481 e. The zero-order valence-corrected chi connectivity index (χ0v) is 20.9. The van der Waals surface area contributed by atoms with Gasteiger partial charge in [-0.05, 0) is 72.2 Å². The molecule has 0 aromatic carbocycles. The zero-order valence-electron chi connectivity index (χ0n) is 20.9. The Bertz CT molecular complexity index is 933. The molecule has 4 rings (SSSR count). The van der Waals surface area contributed by atoms with Crippen molar-refractivity contribution in [1.82, 2.24) is 0 Å². The number of aliphatic hydroxyl groups is 2. The predicted molar refractivity (Wildman–Crippen MR) is 123 cm³/mol. The molecule has 0 aliphatic heterocycles. The van der Waals surface area contributed by atoms with Gasteiger partial charge >= 0.3 is 5.97 Å². The molecule has 4 aliphatic carbocycles. The van der Waals surface area contributed by atoms with E-state index in [2.05, 4.69) is 6.92 Å². The quantitative estimate of drug-likeness (QED) is 0.586. The Balaban J connectivity index is 1.85. The van der Waals surface area contributed by atoms with Crippen molar-refractivity contribution < 1.29 is 29.7 Å². The van der Waals surface area contributed by atoms with Gasteiger partial charge in [0.15, 0.2) is 5.78 Å². The van der Waals surface area contributed by atoms with Gasteiger partial charge in [-0.25, -0.2) is 0 Å². The van der Waals surface area contributed by atoms with Crippen LogP contribution >= 0.6 is 0 Å². The second-order valence-electron chi connectivity index (χ2n) is 12.7. The van der Waals surface area contributed by atoms with Crippen molar-refractivity contribution in [2.45, 2.75) is 98.7 Å². The lowest BCUT2D eigenvalue weighted by Crippen LogP contribution is -2.60. The van der Waals surface area contributed by atoms with Crippen LogP contribution in [0.5, 0.6) is 0 Å². The van der Waals surface area contributed by atoms with E-state index < -0.39 is 39.8 Å². The van der Waals surface area contributed by atoms with Crippen molar-refractivity contribution in [2.24, 2.45) is 39.4 Å². The van der Waals surface area contributed by atoms with Gasteiger partial charge in [-0.2, -0.15) is 0 Å². The molecule has 4 aliphatic rings. The molecule has 33 heavy (non-hydrogen) atoms. The summed E-state index contributed by atoms with van der Waals surface area (Å²) in [6.07, 6.45) is 1.38. The molecule has 3 N–H and O–H groups in total. The Morgan fingerprint density at radius 2 is 1.76 bits per heavy atom. The number of aliphatic carboxylic acids is 1. The number of carbonyl (C=O) groups is 3. The zero-order chi connectivity index (χ0) is 24.7. The fourth-order valence-electron chi connectivity index (χ4n) is 8.65.